The van der Waals surface area contributed by atoms with Crippen LogP contribution in [0.3, 0.4) is 0 Å². The fraction of sp³-hybridized carbons (Fsp3) is 0.500. The van der Waals surface area contributed by atoms with E-state index in [9.17, 15) is 9.59 Å². The third-order valence-corrected chi connectivity index (χ3v) is 3.96. The SMILES string of the molecule is CC(=O)c1cccnc1N1CCN2C(=O)CCC2C1. The van der Waals surface area contributed by atoms with E-state index in [1.165, 1.54) is 0 Å². The predicted molar refractivity (Wildman–Crippen MR) is 71.2 cm³/mol. The third-order valence-electron chi connectivity index (χ3n) is 3.96. The van der Waals surface area contributed by atoms with Gasteiger partial charge in [0.1, 0.15) is 5.82 Å². The van der Waals surface area contributed by atoms with E-state index in [1.807, 2.05) is 11.0 Å². The second kappa shape index (κ2) is 4.64. The summed E-state index contributed by atoms with van der Waals surface area (Å²) in [5.41, 5.74) is 0.667. The maximum absolute atomic E-state index is 11.7. The van der Waals surface area contributed by atoms with Crippen molar-refractivity contribution in [3.8, 4) is 0 Å². The lowest BCUT2D eigenvalue weighted by Crippen LogP contribution is -2.52. The number of fused-ring (bicyclic) bond motifs is 1. The molecule has 1 atom stereocenters. The zero-order chi connectivity index (χ0) is 13.4. The fourth-order valence-electron chi connectivity index (χ4n) is 2.98. The molecule has 5 nitrogen and oxygen atoms in total. The average molecular weight is 259 g/mol. The third kappa shape index (κ3) is 2.09. The van der Waals surface area contributed by atoms with Gasteiger partial charge in [-0.05, 0) is 25.5 Å². The van der Waals surface area contributed by atoms with E-state index >= 15 is 0 Å². The number of ketones is 1. The Morgan fingerprint density at radius 3 is 3.05 bits per heavy atom. The Kier molecular flexibility index (Phi) is 2.97. The highest BCUT2D eigenvalue weighted by atomic mass is 16.2. The van der Waals surface area contributed by atoms with Gasteiger partial charge in [-0.3, -0.25) is 9.59 Å². The number of amides is 1. The molecule has 3 rings (SSSR count). The number of piperazine rings is 1. The molecular weight excluding hydrogens is 242 g/mol. The Labute approximate surface area is 112 Å². The first-order valence-corrected chi connectivity index (χ1v) is 6.67. The summed E-state index contributed by atoms with van der Waals surface area (Å²) in [5.74, 6) is 1.06. The highest BCUT2D eigenvalue weighted by molar-refractivity contribution is 5.98. The van der Waals surface area contributed by atoms with Gasteiger partial charge >= 0.3 is 0 Å². The summed E-state index contributed by atoms with van der Waals surface area (Å²) >= 11 is 0. The number of pyridine rings is 1. The summed E-state index contributed by atoms with van der Waals surface area (Å²) in [5, 5.41) is 0. The van der Waals surface area contributed by atoms with Crippen LogP contribution in [0, 0.1) is 0 Å². The van der Waals surface area contributed by atoms with Crippen molar-refractivity contribution >= 4 is 17.5 Å². The van der Waals surface area contributed by atoms with Crippen molar-refractivity contribution in [1.29, 1.82) is 0 Å². The molecule has 2 aliphatic rings. The summed E-state index contributed by atoms with van der Waals surface area (Å²) in [6.45, 7) is 3.83. The van der Waals surface area contributed by atoms with E-state index in [2.05, 4.69) is 9.88 Å². The first-order chi connectivity index (χ1) is 9.16. The summed E-state index contributed by atoms with van der Waals surface area (Å²) in [6.07, 6.45) is 3.28. The lowest BCUT2D eigenvalue weighted by Gasteiger charge is -2.38. The first kappa shape index (κ1) is 12.1. The number of nitrogens with zero attached hydrogens (tertiary/aromatic N) is 3. The van der Waals surface area contributed by atoms with Gasteiger partial charge in [0.15, 0.2) is 5.78 Å². The van der Waals surface area contributed by atoms with Crippen molar-refractivity contribution in [2.24, 2.45) is 0 Å². The topological polar surface area (TPSA) is 53.5 Å². The lowest BCUT2D eigenvalue weighted by atomic mass is 10.1. The van der Waals surface area contributed by atoms with Gasteiger partial charge in [-0.2, -0.15) is 0 Å². The van der Waals surface area contributed by atoms with Crippen LogP contribution in [0.5, 0.6) is 0 Å². The van der Waals surface area contributed by atoms with Crippen LogP contribution in [-0.4, -0.2) is 47.3 Å². The number of aromatic nitrogens is 1. The molecule has 1 aromatic heterocycles. The number of Topliss-reactive ketones (excluding diaryl/α,β-unsaturated/α-hetero) is 1. The summed E-state index contributed by atoms with van der Waals surface area (Å²) < 4.78 is 0. The molecule has 3 heterocycles. The molecule has 0 aromatic carbocycles. The molecule has 0 spiro atoms. The number of rotatable bonds is 2. The highest BCUT2D eigenvalue weighted by Gasteiger charge is 2.36. The van der Waals surface area contributed by atoms with Gasteiger partial charge in [-0.1, -0.05) is 0 Å². The van der Waals surface area contributed by atoms with Gasteiger partial charge in [0, 0.05) is 38.3 Å². The van der Waals surface area contributed by atoms with Crippen LogP contribution >= 0.6 is 0 Å². The van der Waals surface area contributed by atoms with Crippen molar-refractivity contribution < 1.29 is 9.59 Å². The van der Waals surface area contributed by atoms with Gasteiger partial charge in [0.05, 0.1) is 5.56 Å². The Hall–Kier alpha value is -1.91. The minimum absolute atomic E-state index is 0.0352. The van der Waals surface area contributed by atoms with E-state index in [0.717, 1.165) is 31.9 Å². The van der Waals surface area contributed by atoms with E-state index in [0.29, 0.717) is 12.0 Å². The fourth-order valence-corrected chi connectivity index (χ4v) is 2.98. The molecule has 5 heteroatoms. The van der Waals surface area contributed by atoms with Crippen molar-refractivity contribution in [2.75, 3.05) is 24.5 Å². The summed E-state index contributed by atoms with van der Waals surface area (Å²) in [7, 11) is 0. The van der Waals surface area contributed by atoms with Crippen molar-refractivity contribution in [3.63, 3.8) is 0 Å². The predicted octanol–water partition coefficient (Wildman–Crippen LogP) is 1.10. The van der Waals surface area contributed by atoms with Crippen LogP contribution in [0.15, 0.2) is 18.3 Å². The molecule has 19 heavy (non-hydrogen) atoms. The first-order valence-electron chi connectivity index (χ1n) is 6.67. The van der Waals surface area contributed by atoms with Gasteiger partial charge in [0.25, 0.3) is 0 Å². The molecule has 0 saturated carbocycles. The van der Waals surface area contributed by atoms with Gasteiger partial charge in [0.2, 0.25) is 5.91 Å². The van der Waals surface area contributed by atoms with Crippen molar-refractivity contribution in [1.82, 2.24) is 9.88 Å². The largest absolute Gasteiger partial charge is 0.352 e. The zero-order valence-corrected chi connectivity index (χ0v) is 11.0. The molecule has 2 aliphatic heterocycles. The number of carbonyl (C=O) groups excluding carboxylic acids is 2. The molecule has 0 radical (unpaired) electrons. The van der Waals surface area contributed by atoms with E-state index in [-0.39, 0.29) is 17.7 Å². The lowest BCUT2D eigenvalue weighted by molar-refractivity contribution is -0.129. The smallest absolute Gasteiger partial charge is 0.223 e. The molecule has 0 bridgehead atoms. The molecule has 100 valence electrons. The van der Waals surface area contributed by atoms with Crippen molar-refractivity contribution in [2.45, 2.75) is 25.8 Å². The van der Waals surface area contributed by atoms with E-state index in [1.54, 1.807) is 19.2 Å². The minimum atomic E-state index is 0.0352. The van der Waals surface area contributed by atoms with Crippen LogP contribution in [0.1, 0.15) is 30.1 Å². The van der Waals surface area contributed by atoms with Crippen LogP contribution in [-0.2, 0) is 4.79 Å². The maximum atomic E-state index is 11.7. The molecule has 0 aliphatic carbocycles. The molecule has 1 aromatic rings. The number of hydrogen-bond donors (Lipinski definition) is 0. The van der Waals surface area contributed by atoms with Crippen molar-refractivity contribution in [3.05, 3.63) is 23.9 Å². The standard InChI is InChI=1S/C14H17N3O2/c1-10(18)12-3-2-6-15-14(12)16-7-8-17-11(9-16)4-5-13(17)19/h2-3,6,11H,4-5,7-9H2,1H3. The Morgan fingerprint density at radius 2 is 2.26 bits per heavy atom. The maximum Gasteiger partial charge on any atom is 0.223 e. The molecule has 1 amide bonds. The van der Waals surface area contributed by atoms with E-state index < -0.39 is 0 Å². The molecule has 0 N–H and O–H groups in total. The second-order valence-electron chi connectivity index (χ2n) is 5.16. The van der Waals surface area contributed by atoms with Crippen LogP contribution in [0.2, 0.25) is 0 Å². The van der Waals surface area contributed by atoms with Gasteiger partial charge in [-0.15, -0.1) is 0 Å². The number of hydrogen-bond acceptors (Lipinski definition) is 4. The van der Waals surface area contributed by atoms with Crippen LogP contribution < -0.4 is 4.90 Å². The summed E-state index contributed by atoms with van der Waals surface area (Å²) in [4.78, 5) is 31.8. The number of carbonyl (C=O) groups is 2. The van der Waals surface area contributed by atoms with Crippen LogP contribution in [0.4, 0.5) is 5.82 Å². The van der Waals surface area contributed by atoms with E-state index in [4.69, 9.17) is 0 Å². The molecule has 2 saturated heterocycles. The molecule has 1 unspecified atom stereocenters. The summed E-state index contributed by atoms with van der Waals surface area (Å²) in [6, 6.07) is 3.88. The highest BCUT2D eigenvalue weighted by Crippen LogP contribution is 2.27. The second-order valence-corrected chi connectivity index (χ2v) is 5.16. The van der Waals surface area contributed by atoms with Gasteiger partial charge < -0.3 is 9.80 Å². The Morgan fingerprint density at radius 1 is 1.42 bits per heavy atom. The quantitative estimate of drug-likeness (QED) is 0.746. The molecular formula is C14H17N3O2. The number of anilines is 1. The minimum Gasteiger partial charge on any atom is -0.352 e. The Bertz CT molecular complexity index is 529. The van der Waals surface area contributed by atoms with Crippen LogP contribution in [0.25, 0.3) is 0 Å². The molecule has 2 fully saturated rings. The van der Waals surface area contributed by atoms with Gasteiger partial charge in [-0.25, -0.2) is 4.98 Å². The normalized spacial score (nSPS) is 22.6. The average Bonchev–Trinajstić information content (AvgIpc) is 2.80. The monoisotopic (exact) mass is 259 g/mol. The Balaban J connectivity index is 1.85. The zero-order valence-electron chi connectivity index (χ0n) is 11.0.